The Morgan fingerprint density at radius 1 is 0.913 bits per heavy atom. The second kappa shape index (κ2) is 10.1. The van der Waals surface area contributed by atoms with Crippen molar-refractivity contribution in [2.75, 3.05) is 12.9 Å². The lowest BCUT2D eigenvalue weighted by molar-refractivity contribution is -0.140. The minimum atomic E-state index is -0.107. The molecule has 0 N–H and O–H groups in total. The third-order valence-electron chi connectivity index (χ3n) is 3.74. The average Bonchev–Trinajstić information content (AvgIpc) is 2.62. The second-order valence-corrected chi connectivity index (χ2v) is 6.67. The van der Waals surface area contributed by atoms with Gasteiger partial charge in [-0.3, -0.25) is 4.79 Å². The monoisotopic (exact) mass is 328 g/mol. The van der Waals surface area contributed by atoms with Crippen molar-refractivity contribution < 1.29 is 9.53 Å². The molecule has 0 spiro atoms. The molecule has 0 saturated heterocycles. The number of esters is 1. The fraction of sp³-hybridized carbons (Fsp3) is 0.350. The lowest BCUT2D eigenvalue weighted by atomic mass is 10.0. The first kappa shape index (κ1) is 17.6. The van der Waals surface area contributed by atoms with Crippen LogP contribution >= 0.6 is 11.8 Å². The summed E-state index contributed by atoms with van der Waals surface area (Å²) in [7, 11) is 1.45. The van der Waals surface area contributed by atoms with Gasteiger partial charge in [0.05, 0.1) is 12.4 Å². The third kappa shape index (κ3) is 6.11. The molecular formula is C20H24O2S. The molecule has 2 aromatic carbocycles. The summed E-state index contributed by atoms with van der Waals surface area (Å²) >= 11 is 1.98. The van der Waals surface area contributed by atoms with E-state index in [1.165, 1.54) is 18.2 Å². The number of rotatable bonds is 9. The number of carbonyl (C=O) groups excluding carboxylic acids is 1. The second-order valence-electron chi connectivity index (χ2n) is 5.46. The average molecular weight is 328 g/mol. The predicted octanol–water partition coefficient (Wildman–Crippen LogP) is 5.24. The summed E-state index contributed by atoms with van der Waals surface area (Å²) in [6.45, 7) is 0. The van der Waals surface area contributed by atoms with Crippen LogP contribution in [0.3, 0.4) is 0 Å². The lowest BCUT2D eigenvalue weighted by Crippen LogP contribution is -2.00. The van der Waals surface area contributed by atoms with Crippen LogP contribution in [-0.2, 0) is 9.53 Å². The van der Waals surface area contributed by atoms with E-state index in [1.54, 1.807) is 0 Å². The minimum absolute atomic E-state index is 0.107. The number of ether oxygens (including phenoxy) is 1. The fourth-order valence-electron chi connectivity index (χ4n) is 2.49. The maximum atomic E-state index is 11.1. The van der Waals surface area contributed by atoms with E-state index in [-0.39, 0.29) is 5.97 Å². The highest BCUT2D eigenvalue weighted by molar-refractivity contribution is 7.99. The molecule has 0 atom stereocenters. The SMILES string of the molecule is COC(=O)CCCCCSC(c1ccccc1)c1ccccc1. The van der Waals surface area contributed by atoms with E-state index >= 15 is 0 Å². The van der Waals surface area contributed by atoms with Gasteiger partial charge < -0.3 is 4.74 Å². The topological polar surface area (TPSA) is 26.3 Å². The Bertz CT molecular complexity index is 529. The van der Waals surface area contributed by atoms with E-state index in [9.17, 15) is 4.79 Å². The Balaban J connectivity index is 1.86. The predicted molar refractivity (Wildman–Crippen MR) is 97.7 cm³/mol. The van der Waals surface area contributed by atoms with Crippen molar-refractivity contribution >= 4 is 17.7 Å². The summed E-state index contributed by atoms with van der Waals surface area (Å²) in [6.07, 6.45) is 3.63. The van der Waals surface area contributed by atoms with Gasteiger partial charge in [0.25, 0.3) is 0 Å². The molecule has 122 valence electrons. The Morgan fingerprint density at radius 2 is 1.48 bits per heavy atom. The van der Waals surface area contributed by atoms with Crippen molar-refractivity contribution in [1.82, 2.24) is 0 Å². The first-order valence-electron chi connectivity index (χ1n) is 8.09. The van der Waals surface area contributed by atoms with E-state index < -0.39 is 0 Å². The van der Waals surface area contributed by atoms with Gasteiger partial charge in [-0.2, -0.15) is 0 Å². The van der Waals surface area contributed by atoms with Crippen molar-refractivity contribution in [3.8, 4) is 0 Å². The molecule has 0 fully saturated rings. The molecule has 0 aliphatic carbocycles. The van der Waals surface area contributed by atoms with Crippen LogP contribution in [0.1, 0.15) is 42.1 Å². The van der Waals surface area contributed by atoms with E-state index in [4.69, 9.17) is 0 Å². The van der Waals surface area contributed by atoms with E-state index in [1.807, 2.05) is 11.8 Å². The first-order valence-corrected chi connectivity index (χ1v) is 9.14. The van der Waals surface area contributed by atoms with Crippen LogP contribution in [0.25, 0.3) is 0 Å². The van der Waals surface area contributed by atoms with Crippen molar-refractivity contribution in [3.63, 3.8) is 0 Å². The van der Waals surface area contributed by atoms with Gasteiger partial charge in [0, 0.05) is 6.42 Å². The van der Waals surface area contributed by atoms with Crippen molar-refractivity contribution in [1.29, 1.82) is 0 Å². The Hall–Kier alpha value is -1.74. The Kier molecular flexibility index (Phi) is 7.74. The van der Waals surface area contributed by atoms with Gasteiger partial charge in [-0.15, -0.1) is 11.8 Å². The maximum absolute atomic E-state index is 11.1. The molecule has 0 radical (unpaired) electrons. The summed E-state index contributed by atoms with van der Waals surface area (Å²) in [5.41, 5.74) is 2.69. The number of hydrogen-bond donors (Lipinski definition) is 0. The van der Waals surface area contributed by atoms with Gasteiger partial charge in [0.1, 0.15) is 0 Å². The number of methoxy groups -OCH3 is 1. The lowest BCUT2D eigenvalue weighted by Gasteiger charge is -2.17. The molecule has 0 unspecified atom stereocenters. The quantitative estimate of drug-likeness (QED) is 0.465. The van der Waals surface area contributed by atoms with Crippen LogP contribution in [0.4, 0.5) is 0 Å². The molecule has 2 nitrogen and oxygen atoms in total. The Morgan fingerprint density at radius 3 is 2.00 bits per heavy atom. The number of hydrogen-bond acceptors (Lipinski definition) is 3. The molecule has 23 heavy (non-hydrogen) atoms. The fourth-order valence-corrected chi connectivity index (χ4v) is 3.80. The van der Waals surface area contributed by atoms with Gasteiger partial charge >= 0.3 is 5.97 Å². The van der Waals surface area contributed by atoms with Crippen LogP contribution in [0.15, 0.2) is 60.7 Å². The molecular weight excluding hydrogens is 304 g/mol. The first-order chi connectivity index (χ1) is 11.3. The maximum Gasteiger partial charge on any atom is 0.305 e. The molecule has 0 amide bonds. The number of benzene rings is 2. The molecule has 0 heterocycles. The van der Waals surface area contributed by atoms with E-state index in [0.29, 0.717) is 11.7 Å². The zero-order valence-corrected chi connectivity index (χ0v) is 14.4. The molecule has 0 aromatic heterocycles. The van der Waals surface area contributed by atoms with Crippen LogP contribution in [0.5, 0.6) is 0 Å². The largest absolute Gasteiger partial charge is 0.469 e. The zero-order chi connectivity index (χ0) is 16.3. The smallest absolute Gasteiger partial charge is 0.305 e. The minimum Gasteiger partial charge on any atom is -0.469 e. The van der Waals surface area contributed by atoms with Gasteiger partial charge in [-0.1, -0.05) is 67.1 Å². The summed E-state index contributed by atoms with van der Waals surface area (Å²) in [6, 6.07) is 21.3. The molecule has 0 saturated carbocycles. The Labute approximate surface area is 143 Å². The molecule has 0 aliphatic heterocycles. The van der Waals surface area contributed by atoms with Gasteiger partial charge in [0.2, 0.25) is 0 Å². The highest BCUT2D eigenvalue weighted by Gasteiger charge is 2.13. The zero-order valence-electron chi connectivity index (χ0n) is 13.6. The van der Waals surface area contributed by atoms with Crippen LogP contribution < -0.4 is 0 Å². The molecule has 2 rings (SSSR count). The van der Waals surface area contributed by atoms with Gasteiger partial charge in [-0.05, 0) is 29.7 Å². The summed E-state index contributed by atoms with van der Waals surface area (Å²) in [5.74, 6) is 0.986. The summed E-state index contributed by atoms with van der Waals surface area (Å²) in [5, 5.41) is 0.373. The highest BCUT2D eigenvalue weighted by atomic mass is 32.2. The molecule has 2 aromatic rings. The van der Waals surface area contributed by atoms with Crippen LogP contribution in [-0.4, -0.2) is 18.8 Å². The third-order valence-corrected chi connectivity index (χ3v) is 5.14. The summed E-state index contributed by atoms with van der Waals surface area (Å²) < 4.78 is 4.67. The number of carbonyl (C=O) groups is 1. The van der Waals surface area contributed by atoms with Gasteiger partial charge in [0.15, 0.2) is 0 Å². The number of thioether (sulfide) groups is 1. The molecule has 0 aliphatic rings. The molecule has 0 bridgehead atoms. The summed E-state index contributed by atoms with van der Waals surface area (Å²) in [4.78, 5) is 11.1. The number of unbranched alkanes of at least 4 members (excludes halogenated alkanes) is 2. The normalized spacial score (nSPS) is 10.7. The standard InChI is InChI=1S/C20H24O2S/c1-22-19(21)15-9-4-10-16-23-20(17-11-5-2-6-12-17)18-13-7-3-8-14-18/h2-3,5-8,11-14,20H,4,9-10,15-16H2,1H3. The van der Waals surface area contributed by atoms with Crippen molar-refractivity contribution in [3.05, 3.63) is 71.8 Å². The highest BCUT2D eigenvalue weighted by Crippen LogP contribution is 2.35. The van der Waals surface area contributed by atoms with E-state index in [2.05, 4.69) is 65.4 Å². The van der Waals surface area contributed by atoms with E-state index in [0.717, 1.165) is 25.0 Å². The van der Waals surface area contributed by atoms with Crippen LogP contribution in [0, 0.1) is 0 Å². The van der Waals surface area contributed by atoms with Crippen molar-refractivity contribution in [2.45, 2.75) is 30.9 Å². The molecule has 3 heteroatoms. The van der Waals surface area contributed by atoms with Gasteiger partial charge in [-0.25, -0.2) is 0 Å². The van der Waals surface area contributed by atoms with Crippen molar-refractivity contribution in [2.24, 2.45) is 0 Å². The van der Waals surface area contributed by atoms with Crippen LogP contribution in [0.2, 0.25) is 0 Å².